The van der Waals surface area contributed by atoms with Crippen LogP contribution in [0.3, 0.4) is 0 Å². The third kappa shape index (κ3) is 1.98. The summed E-state index contributed by atoms with van der Waals surface area (Å²) in [6.07, 6.45) is 5.72. The maximum Gasteiger partial charge on any atom is 0.0578 e. The first kappa shape index (κ1) is 8.06. The Balaban J connectivity index is 2.15. The van der Waals surface area contributed by atoms with E-state index >= 15 is 0 Å². The zero-order valence-corrected chi connectivity index (χ0v) is 7.10. The maximum atomic E-state index is 5.60. The Labute approximate surface area is 63.8 Å². The molecule has 0 amide bonds. The van der Waals surface area contributed by atoms with Crippen molar-refractivity contribution in [1.82, 2.24) is 0 Å². The van der Waals surface area contributed by atoms with Gasteiger partial charge >= 0.3 is 0 Å². The predicted molar refractivity (Wildman–Crippen MR) is 43.0 cm³/mol. The molecule has 0 N–H and O–H groups in total. The fourth-order valence-electron chi connectivity index (χ4n) is 1.59. The summed E-state index contributed by atoms with van der Waals surface area (Å²) < 4.78 is 5.60. The fraction of sp³-hybridized carbons (Fsp3) is 1.00. The first-order chi connectivity index (χ1) is 4.86. The van der Waals surface area contributed by atoms with Gasteiger partial charge < -0.3 is 4.74 Å². The van der Waals surface area contributed by atoms with Gasteiger partial charge in [0.15, 0.2) is 0 Å². The van der Waals surface area contributed by atoms with Gasteiger partial charge in [-0.1, -0.05) is 26.7 Å². The summed E-state index contributed by atoms with van der Waals surface area (Å²) in [6.45, 7) is 5.49. The molecule has 0 radical (unpaired) electrons. The van der Waals surface area contributed by atoms with E-state index < -0.39 is 0 Å². The maximum absolute atomic E-state index is 5.60. The van der Waals surface area contributed by atoms with Gasteiger partial charge in [-0.2, -0.15) is 0 Å². The molecule has 0 aromatic heterocycles. The van der Waals surface area contributed by atoms with Crippen LogP contribution in [0.5, 0.6) is 0 Å². The lowest BCUT2D eigenvalue weighted by Crippen LogP contribution is -2.03. The Hall–Kier alpha value is -0.0400. The monoisotopic (exact) mass is 142 g/mol. The normalized spacial score (nSPS) is 33.0. The molecule has 0 unspecified atom stereocenters. The lowest BCUT2D eigenvalue weighted by atomic mass is 10.0. The van der Waals surface area contributed by atoms with E-state index in [1.807, 2.05) is 0 Å². The third-order valence-electron chi connectivity index (χ3n) is 2.35. The molecule has 1 fully saturated rings. The standard InChI is InChI=1S/C9H18O/c1-3-5-9-6-8(4-2)7-10-9/h8-9H,3-7H2,1-2H3/t8-,9-/m0/s1. The van der Waals surface area contributed by atoms with Crippen LogP contribution >= 0.6 is 0 Å². The van der Waals surface area contributed by atoms with Crippen molar-refractivity contribution in [3.05, 3.63) is 0 Å². The molecule has 10 heavy (non-hydrogen) atoms. The van der Waals surface area contributed by atoms with E-state index in [0.717, 1.165) is 12.5 Å². The van der Waals surface area contributed by atoms with E-state index in [9.17, 15) is 0 Å². The van der Waals surface area contributed by atoms with Crippen molar-refractivity contribution < 1.29 is 4.74 Å². The summed E-state index contributed by atoms with van der Waals surface area (Å²) in [7, 11) is 0. The molecule has 1 rings (SSSR count). The minimum Gasteiger partial charge on any atom is -0.378 e. The summed E-state index contributed by atoms with van der Waals surface area (Å²) in [5, 5.41) is 0. The molecular formula is C9H18O. The van der Waals surface area contributed by atoms with Crippen molar-refractivity contribution in [2.24, 2.45) is 5.92 Å². The average molecular weight is 142 g/mol. The number of rotatable bonds is 3. The van der Waals surface area contributed by atoms with Gasteiger partial charge in [-0.05, 0) is 18.8 Å². The second kappa shape index (κ2) is 3.97. The van der Waals surface area contributed by atoms with Gasteiger partial charge in [-0.25, -0.2) is 0 Å². The number of ether oxygens (including phenoxy) is 1. The molecule has 0 saturated carbocycles. The molecule has 0 aromatic carbocycles. The van der Waals surface area contributed by atoms with Crippen molar-refractivity contribution in [1.29, 1.82) is 0 Å². The lowest BCUT2D eigenvalue weighted by molar-refractivity contribution is 0.0993. The van der Waals surface area contributed by atoms with Crippen LogP contribution in [0.25, 0.3) is 0 Å². The Morgan fingerprint density at radius 2 is 2.20 bits per heavy atom. The molecule has 0 bridgehead atoms. The van der Waals surface area contributed by atoms with Gasteiger partial charge in [0.2, 0.25) is 0 Å². The Morgan fingerprint density at radius 1 is 1.40 bits per heavy atom. The molecule has 2 atom stereocenters. The van der Waals surface area contributed by atoms with Crippen molar-refractivity contribution in [3.63, 3.8) is 0 Å². The summed E-state index contributed by atoms with van der Waals surface area (Å²) in [5.41, 5.74) is 0. The smallest absolute Gasteiger partial charge is 0.0578 e. The summed E-state index contributed by atoms with van der Waals surface area (Å²) in [5.74, 6) is 0.858. The molecule has 1 aliphatic heterocycles. The van der Waals surface area contributed by atoms with Gasteiger partial charge in [0, 0.05) is 6.61 Å². The van der Waals surface area contributed by atoms with E-state index in [1.54, 1.807) is 0 Å². The predicted octanol–water partition coefficient (Wildman–Crippen LogP) is 2.60. The molecule has 0 aromatic rings. The minimum absolute atomic E-state index is 0.593. The van der Waals surface area contributed by atoms with Crippen LogP contribution in [-0.2, 0) is 4.74 Å². The van der Waals surface area contributed by atoms with Crippen LogP contribution in [-0.4, -0.2) is 12.7 Å². The summed E-state index contributed by atoms with van der Waals surface area (Å²) >= 11 is 0. The van der Waals surface area contributed by atoms with E-state index in [-0.39, 0.29) is 0 Å². The molecule has 1 heteroatoms. The van der Waals surface area contributed by atoms with Gasteiger partial charge in [0.25, 0.3) is 0 Å². The molecule has 1 saturated heterocycles. The van der Waals surface area contributed by atoms with E-state index in [4.69, 9.17) is 4.74 Å². The van der Waals surface area contributed by atoms with E-state index in [2.05, 4.69) is 13.8 Å². The van der Waals surface area contributed by atoms with Crippen LogP contribution < -0.4 is 0 Å². The summed E-state index contributed by atoms with van der Waals surface area (Å²) in [6, 6.07) is 0. The molecule has 1 heterocycles. The van der Waals surface area contributed by atoms with Crippen molar-refractivity contribution in [2.45, 2.75) is 45.6 Å². The Bertz CT molecular complexity index is 90.7. The quantitative estimate of drug-likeness (QED) is 0.588. The highest BCUT2D eigenvalue weighted by Crippen LogP contribution is 2.24. The molecule has 1 aliphatic rings. The largest absolute Gasteiger partial charge is 0.378 e. The van der Waals surface area contributed by atoms with Gasteiger partial charge in [0.05, 0.1) is 6.10 Å². The van der Waals surface area contributed by atoms with Crippen LogP contribution in [0.2, 0.25) is 0 Å². The van der Waals surface area contributed by atoms with Crippen LogP contribution in [0.15, 0.2) is 0 Å². The summed E-state index contributed by atoms with van der Waals surface area (Å²) in [4.78, 5) is 0. The van der Waals surface area contributed by atoms with Crippen LogP contribution in [0, 0.1) is 5.92 Å². The highest BCUT2D eigenvalue weighted by molar-refractivity contribution is 4.71. The first-order valence-corrected chi connectivity index (χ1v) is 4.48. The molecule has 60 valence electrons. The second-order valence-corrected chi connectivity index (χ2v) is 3.25. The zero-order valence-electron chi connectivity index (χ0n) is 7.10. The molecular weight excluding hydrogens is 124 g/mol. The average Bonchev–Trinajstić information content (AvgIpc) is 2.37. The fourth-order valence-corrected chi connectivity index (χ4v) is 1.59. The number of hydrogen-bond acceptors (Lipinski definition) is 1. The molecule has 0 aliphatic carbocycles. The minimum atomic E-state index is 0.593. The second-order valence-electron chi connectivity index (χ2n) is 3.25. The van der Waals surface area contributed by atoms with E-state index in [1.165, 1.54) is 25.7 Å². The van der Waals surface area contributed by atoms with Crippen LogP contribution in [0.1, 0.15) is 39.5 Å². The van der Waals surface area contributed by atoms with Gasteiger partial charge in [-0.15, -0.1) is 0 Å². The van der Waals surface area contributed by atoms with E-state index in [0.29, 0.717) is 6.10 Å². The van der Waals surface area contributed by atoms with Crippen molar-refractivity contribution >= 4 is 0 Å². The van der Waals surface area contributed by atoms with Crippen LogP contribution in [0.4, 0.5) is 0 Å². The lowest BCUT2D eigenvalue weighted by Gasteiger charge is -2.05. The molecule has 1 nitrogen and oxygen atoms in total. The Kier molecular flexibility index (Phi) is 3.20. The first-order valence-electron chi connectivity index (χ1n) is 4.48. The van der Waals surface area contributed by atoms with Crippen molar-refractivity contribution in [2.75, 3.05) is 6.61 Å². The Morgan fingerprint density at radius 3 is 2.70 bits per heavy atom. The topological polar surface area (TPSA) is 9.23 Å². The molecule has 0 spiro atoms. The van der Waals surface area contributed by atoms with Gasteiger partial charge in [0.1, 0.15) is 0 Å². The highest BCUT2D eigenvalue weighted by Gasteiger charge is 2.22. The van der Waals surface area contributed by atoms with Gasteiger partial charge in [-0.3, -0.25) is 0 Å². The SMILES string of the molecule is CCC[C@H]1C[C@H](CC)CO1. The van der Waals surface area contributed by atoms with Crippen molar-refractivity contribution in [3.8, 4) is 0 Å². The number of hydrogen-bond donors (Lipinski definition) is 0. The zero-order chi connectivity index (χ0) is 7.40. The third-order valence-corrected chi connectivity index (χ3v) is 2.35. The highest BCUT2D eigenvalue weighted by atomic mass is 16.5.